The molecule has 1 aliphatic heterocycles. The van der Waals surface area contributed by atoms with Gasteiger partial charge in [0.2, 0.25) is 0 Å². The molecule has 0 saturated carbocycles. The van der Waals surface area contributed by atoms with Gasteiger partial charge in [-0.1, -0.05) is 30.3 Å². The van der Waals surface area contributed by atoms with Gasteiger partial charge in [-0.2, -0.15) is 0 Å². The van der Waals surface area contributed by atoms with Crippen LogP contribution in [-0.2, 0) is 16.1 Å². The molecule has 1 heterocycles. The van der Waals surface area contributed by atoms with Crippen molar-refractivity contribution < 1.29 is 14.6 Å². The average Bonchev–Trinajstić information content (AvgIpc) is 2.38. The van der Waals surface area contributed by atoms with Gasteiger partial charge in [0, 0.05) is 13.0 Å². The molecule has 0 amide bonds. The van der Waals surface area contributed by atoms with E-state index in [0.29, 0.717) is 13.2 Å². The molecule has 0 spiro atoms. The molecule has 3 heteroatoms. The highest BCUT2D eigenvalue weighted by Crippen LogP contribution is 2.20. The molecular weight excluding hydrogens is 216 g/mol. The molecule has 17 heavy (non-hydrogen) atoms. The minimum absolute atomic E-state index is 0.0791. The van der Waals surface area contributed by atoms with Crippen LogP contribution in [0.2, 0.25) is 0 Å². The van der Waals surface area contributed by atoms with Crippen molar-refractivity contribution in [3.8, 4) is 0 Å². The maximum absolute atomic E-state index is 9.50. The molecule has 3 atom stereocenters. The van der Waals surface area contributed by atoms with Gasteiger partial charge < -0.3 is 14.6 Å². The Hall–Kier alpha value is -0.900. The van der Waals surface area contributed by atoms with E-state index in [4.69, 9.17) is 9.47 Å². The highest BCUT2D eigenvalue weighted by atomic mass is 16.5. The molecular formula is C14H20O3. The number of aliphatic hydroxyl groups excluding tert-OH is 1. The number of rotatable bonds is 4. The Kier molecular flexibility index (Phi) is 4.54. The van der Waals surface area contributed by atoms with E-state index >= 15 is 0 Å². The number of aliphatic hydroxyl groups is 1. The summed E-state index contributed by atoms with van der Waals surface area (Å²) in [6.45, 7) is 3.08. The van der Waals surface area contributed by atoms with E-state index in [-0.39, 0.29) is 12.2 Å². The zero-order valence-corrected chi connectivity index (χ0v) is 10.2. The molecule has 94 valence electrons. The summed E-state index contributed by atoms with van der Waals surface area (Å²) in [5.74, 6) is 0. The predicted molar refractivity (Wildman–Crippen MR) is 65.7 cm³/mol. The SMILES string of the molecule is CC(O)C1CC(OCc2ccccc2)CCO1. The standard InChI is InChI=1S/C14H20O3/c1-11(15)14-9-13(7-8-16-14)17-10-12-5-3-2-4-6-12/h2-6,11,13-15H,7-10H2,1H3. The van der Waals surface area contributed by atoms with Crippen LogP contribution in [0, 0.1) is 0 Å². The van der Waals surface area contributed by atoms with Crippen LogP contribution in [0.1, 0.15) is 25.3 Å². The molecule has 0 aromatic heterocycles. The number of ether oxygens (including phenoxy) is 2. The van der Waals surface area contributed by atoms with Crippen LogP contribution in [0.15, 0.2) is 30.3 Å². The third-order valence-electron chi connectivity index (χ3n) is 3.13. The van der Waals surface area contributed by atoms with E-state index in [0.717, 1.165) is 12.8 Å². The first kappa shape index (κ1) is 12.6. The number of hydrogen-bond acceptors (Lipinski definition) is 3. The maximum atomic E-state index is 9.50. The molecule has 1 saturated heterocycles. The average molecular weight is 236 g/mol. The summed E-state index contributed by atoms with van der Waals surface area (Å²) in [5, 5.41) is 9.50. The number of benzene rings is 1. The third-order valence-corrected chi connectivity index (χ3v) is 3.13. The molecule has 1 aromatic rings. The molecule has 0 aliphatic carbocycles. The smallest absolute Gasteiger partial charge is 0.0855 e. The molecule has 3 unspecified atom stereocenters. The fourth-order valence-corrected chi connectivity index (χ4v) is 2.07. The Morgan fingerprint density at radius 1 is 1.41 bits per heavy atom. The van der Waals surface area contributed by atoms with E-state index in [1.165, 1.54) is 5.56 Å². The Labute approximate surface area is 102 Å². The van der Waals surface area contributed by atoms with Gasteiger partial charge in [0.1, 0.15) is 0 Å². The first-order valence-electron chi connectivity index (χ1n) is 6.21. The van der Waals surface area contributed by atoms with E-state index in [1.54, 1.807) is 6.92 Å². The Balaban J connectivity index is 1.79. The Morgan fingerprint density at radius 3 is 2.88 bits per heavy atom. The Morgan fingerprint density at radius 2 is 2.18 bits per heavy atom. The van der Waals surface area contributed by atoms with Crippen molar-refractivity contribution in [1.82, 2.24) is 0 Å². The summed E-state index contributed by atoms with van der Waals surface area (Å²) >= 11 is 0. The lowest BCUT2D eigenvalue weighted by Crippen LogP contribution is -2.37. The summed E-state index contributed by atoms with van der Waals surface area (Å²) in [6.07, 6.45) is 1.40. The second-order valence-corrected chi connectivity index (χ2v) is 4.59. The van der Waals surface area contributed by atoms with Gasteiger partial charge in [-0.25, -0.2) is 0 Å². The van der Waals surface area contributed by atoms with Crippen LogP contribution in [0.5, 0.6) is 0 Å². The first-order valence-corrected chi connectivity index (χ1v) is 6.21. The molecule has 0 radical (unpaired) electrons. The zero-order chi connectivity index (χ0) is 12.1. The van der Waals surface area contributed by atoms with Gasteiger partial charge in [0.05, 0.1) is 24.9 Å². The van der Waals surface area contributed by atoms with E-state index < -0.39 is 6.10 Å². The van der Waals surface area contributed by atoms with E-state index in [2.05, 4.69) is 12.1 Å². The summed E-state index contributed by atoms with van der Waals surface area (Å²) in [7, 11) is 0. The van der Waals surface area contributed by atoms with Gasteiger partial charge in [0.25, 0.3) is 0 Å². The summed E-state index contributed by atoms with van der Waals surface area (Å²) in [4.78, 5) is 0. The minimum Gasteiger partial charge on any atom is -0.391 e. The lowest BCUT2D eigenvalue weighted by molar-refractivity contribution is -0.112. The Bertz CT molecular complexity index is 323. The van der Waals surface area contributed by atoms with Crippen LogP contribution >= 0.6 is 0 Å². The minimum atomic E-state index is -0.418. The highest BCUT2D eigenvalue weighted by molar-refractivity contribution is 5.13. The topological polar surface area (TPSA) is 38.7 Å². The van der Waals surface area contributed by atoms with Crippen molar-refractivity contribution in [2.75, 3.05) is 6.61 Å². The molecule has 2 rings (SSSR count). The normalized spacial score (nSPS) is 26.7. The monoisotopic (exact) mass is 236 g/mol. The van der Waals surface area contributed by atoms with Crippen molar-refractivity contribution in [2.45, 2.75) is 44.7 Å². The van der Waals surface area contributed by atoms with Crippen molar-refractivity contribution in [2.24, 2.45) is 0 Å². The molecule has 1 aliphatic rings. The van der Waals surface area contributed by atoms with Crippen LogP contribution in [0.25, 0.3) is 0 Å². The lowest BCUT2D eigenvalue weighted by Gasteiger charge is -2.31. The molecule has 0 bridgehead atoms. The van der Waals surface area contributed by atoms with Crippen LogP contribution < -0.4 is 0 Å². The van der Waals surface area contributed by atoms with E-state index in [9.17, 15) is 5.11 Å². The summed E-state index contributed by atoms with van der Waals surface area (Å²) < 4.78 is 11.3. The largest absolute Gasteiger partial charge is 0.391 e. The fourth-order valence-electron chi connectivity index (χ4n) is 2.07. The van der Waals surface area contributed by atoms with Crippen LogP contribution in [0.4, 0.5) is 0 Å². The maximum Gasteiger partial charge on any atom is 0.0855 e. The second-order valence-electron chi connectivity index (χ2n) is 4.59. The summed E-state index contributed by atoms with van der Waals surface area (Å²) in [5.41, 5.74) is 1.19. The van der Waals surface area contributed by atoms with Gasteiger partial charge in [-0.15, -0.1) is 0 Å². The first-order chi connectivity index (χ1) is 8.25. The van der Waals surface area contributed by atoms with E-state index in [1.807, 2.05) is 18.2 Å². The molecule has 1 fully saturated rings. The fraction of sp³-hybridized carbons (Fsp3) is 0.571. The van der Waals surface area contributed by atoms with Gasteiger partial charge in [-0.05, 0) is 18.9 Å². The zero-order valence-electron chi connectivity index (χ0n) is 10.2. The summed E-state index contributed by atoms with van der Waals surface area (Å²) in [6, 6.07) is 10.2. The van der Waals surface area contributed by atoms with Gasteiger partial charge >= 0.3 is 0 Å². The quantitative estimate of drug-likeness (QED) is 0.870. The highest BCUT2D eigenvalue weighted by Gasteiger charge is 2.26. The second kappa shape index (κ2) is 6.15. The molecule has 1 aromatic carbocycles. The molecule has 3 nitrogen and oxygen atoms in total. The van der Waals surface area contributed by atoms with Gasteiger partial charge in [0.15, 0.2) is 0 Å². The van der Waals surface area contributed by atoms with Gasteiger partial charge in [-0.3, -0.25) is 0 Å². The van der Waals surface area contributed by atoms with Crippen molar-refractivity contribution in [3.05, 3.63) is 35.9 Å². The molecule has 1 N–H and O–H groups in total. The van der Waals surface area contributed by atoms with Crippen molar-refractivity contribution >= 4 is 0 Å². The van der Waals surface area contributed by atoms with Crippen molar-refractivity contribution in [1.29, 1.82) is 0 Å². The van der Waals surface area contributed by atoms with Crippen LogP contribution in [0.3, 0.4) is 0 Å². The number of hydrogen-bond donors (Lipinski definition) is 1. The predicted octanol–water partition coefficient (Wildman–Crippen LogP) is 2.13. The van der Waals surface area contributed by atoms with Crippen molar-refractivity contribution in [3.63, 3.8) is 0 Å². The van der Waals surface area contributed by atoms with Crippen LogP contribution in [-0.4, -0.2) is 30.0 Å². The third kappa shape index (κ3) is 3.80. The lowest BCUT2D eigenvalue weighted by atomic mass is 10.0.